The van der Waals surface area contributed by atoms with Crippen molar-refractivity contribution < 1.29 is 4.79 Å². The van der Waals surface area contributed by atoms with Gasteiger partial charge in [-0.25, -0.2) is 5.43 Å². The Balaban J connectivity index is 2.20. The number of nitrogens with one attached hydrogen (secondary N) is 1. The topological polar surface area (TPSA) is 46.4 Å². The second-order valence-corrected chi connectivity index (χ2v) is 6.61. The third-order valence-corrected chi connectivity index (χ3v) is 4.53. The van der Waals surface area contributed by atoms with Gasteiger partial charge in [0.2, 0.25) is 10.7 Å². The zero-order valence-corrected chi connectivity index (χ0v) is 14.8. The first-order valence-electron chi connectivity index (χ1n) is 6.97. The number of nitrogens with zero attached hydrogens (tertiary/aromatic N) is 2. The van der Waals surface area contributed by atoms with Gasteiger partial charge in [0.05, 0.1) is 5.69 Å². The molecular formula is C17H14BrN3OS. The van der Waals surface area contributed by atoms with Crippen molar-refractivity contribution in [2.45, 2.75) is 6.92 Å². The van der Waals surface area contributed by atoms with Crippen molar-refractivity contribution in [1.82, 2.24) is 9.99 Å². The SMILES string of the molecule is CC(=O)N/N=c1\scc(-c2ccccc2)n1-c1ccc(Br)cc1. The molecule has 0 bridgehead atoms. The van der Waals surface area contributed by atoms with Crippen molar-refractivity contribution in [3.05, 3.63) is 69.3 Å². The molecular weight excluding hydrogens is 374 g/mol. The van der Waals surface area contributed by atoms with Gasteiger partial charge in [-0.05, 0) is 29.8 Å². The molecule has 2 aromatic carbocycles. The molecule has 0 spiro atoms. The number of carbonyl (C=O) groups is 1. The Morgan fingerprint density at radius 1 is 1.13 bits per heavy atom. The van der Waals surface area contributed by atoms with E-state index >= 15 is 0 Å². The zero-order valence-electron chi connectivity index (χ0n) is 12.4. The number of carbonyl (C=O) groups excluding carboxylic acids is 1. The molecule has 23 heavy (non-hydrogen) atoms. The van der Waals surface area contributed by atoms with Crippen LogP contribution in [0.4, 0.5) is 0 Å². The molecule has 0 atom stereocenters. The highest BCUT2D eigenvalue weighted by molar-refractivity contribution is 9.10. The average molecular weight is 388 g/mol. The van der Waals surface area contributed by atoms with Crippen molar-refractivity contribution in [3.63, 3.8) is 0 Å². The van der Waals surface area contributed by atoms with E-state index in [2.05, 4.69) is 38.6 Å². The Hall–Kier alpha value is -2.18. The summed E-state index contributed by atoms with van der Waals surface area (Å²) in [6.07, 6.45) is 0. The molecule has 3 aromatic rings. The molecule has 0 aliphatic rings. The molecule has 0 radical (unpaired) electrons. The first-order chi connectivity index (χ1) is 11.1. The fourth-order valence-corrected chi connectivity index (χ4v) is 3.30. The van der Waals surface area contributed by atoms with E-state index in [1.54, 1.807) is 0 Å². The van der Waals surface area contributed by atoms with Crippen LogP contribution in [-0.4, -0.2) is 10.5 Å². The van der Waals surface area contributed by atoms with Crippen LogP contribution in [0.5, 0.6) is 0 Å². The lowest BCUT2D eigenvalue weighted by Gasteiger charge is -2.09. The summed E-state index contributed by atoms with van der Waals surface area (Å²) in [6, 6.07) is 18.1. The highest BCUT2D eigenvalue weighted by Gasteiger charge is 2.10. The van der Waals surface area contributed by atoms with Gasteiger partial charge in [0.1, 0.15) is 0 Å². The molecule has 0 saturated heterocycles. The van der Waals surface area contributed by atoms with E-state index in [1.807, 2.05) is 52.4 Å². The van der Waals surface area contributed by atoms with E-state index in [-0.39, 0.29) is 5.91 Å². The number of rotatable bonds is 3. The Morgan fingerprint density at radius 3 is 2.48 bits per heavy atom. The van der Waals surface area contributed by atoms with Gasteiger partial charge in [-0.3, -0.25) is 9.36 Å². The summed E-state index contributed by atoms with van der Waals surface area (Å²) in [5.74, 6) is -0.193. The first kappa shape index (κ1) is 15.7. The van der Waals surface area contributed by atoms with Crippen LogP contribution < -0.4 is 10.2 Å². The van der Waals surface area contributed by atoms with Gasteiger partial charge in [-0.1, -0.05) is 46.3 Å². The van der Waals surface area contributed by atoms with Gasteiger partial charge in [0.25, 0.3) is 0 Å². The first-order valence-corrected chi connectivity index (χ1v) is 8.64. The van der Waals surface area contributed by atoms with Crippen LogP contribution >= 0.6 is 27.3 Å². The summed E-state index contributed by atoms with van der Waals surface area (Å²) in [6.45, 7) is 1.44. The lowest BCUT2D eigenvalue weighted by Crippen LogP contribution is -2.22. The average Bonchev–Trinajstić information content (AvgIpc) is 2.98. The Morgan fingerprint density at radius 2 is 1.83 bits per heavy atom. The molecule has 1 N–H and O–H groups in total. The lowest BCUT2D eigenvalue weighted by molar-refractivity contribution is -0.119. The van der Waals surface area contributed by atoms with E-state index in [0.717, 1.165) is 21.4 Å². The van der Waals surface area contributed by atoms with Gasteiger partial charge in [0, 0.05) is 22.5 Å². The lowest BCUT2D eigenvalue weighted by atomic mass is 10.1. The van der Waals surface area contributed by atoms with Gasteiger partial charge in [0.15, 0.2) is 0 Å². The van der Waals surface area contributed by atoms with Crippen molar-refractivity contribution in [2.75, 3.05) is 0 Å². The van der Waals surface area contributed by atoms with Crippen molar-refractivity contribution in [1.29, 1.82) is 0 Å². The summed E-state index contributed by atoms with van der Waals surface area (Å²) in [7, 11) is 0. The predicted molar refractivity (Wildman–Crippen MR) is 96.2 cm³/mol. The standard InChI is InChI=1S/C17H14BrN3OS/c1-12(22)19-20-17-21(15-9-7-14(18)8-10-15)16(11-23-17)13-5-3-2-4-6-13/h2-11H,1H3,(H,19,22)/b20-17-. The number of thiazole rings is 1. The highest BCUT2D eigenvalue weighted by atomic mass is 79.9. The largest absolute Gasteiger partial charge is 0.284 e. The summed E-state index contributed by atoms with van der Waals surface area (Å²) in [4.78, 5) is 11.9. The maximum atomic E-state index is 11.2. The quantitative estimate of drug-likeness (QED) is 0.680. The van der Waals surface area contributed by atoms with E-state index in [4.69, 9.17) is 0 Å². The van der Waals surface area contributed by atoms with Crippen LogP contribution in [0.15, 0.2) is 69.6 Å². The summed E-state index contributed by atoms with van der Waals surface area (Å²) >= 11 is 4.94. The third kappa shape index (κ3) is 3.60. The molecule has 1 heterocycles. The fourth-order valence-electron chi connectivity index (χ4n) is 2.17. The van der Waals surface area contributed by atoms with Crippen LogP contribution in [0.2, 0.25) is 0 Å². The second kappa shape index (κ2) is 6.93. The number of hydrogen-bond donors (Lipinski definition) is 1. The molecule has 0 aliphatic heterocycles. The second-order valence-electron chi connectivity index (χ2n) is 4.86. The van der Waals surface area contributed by atoms with Crippen LogP contribution in [0.1, 0.15) is 6.92 Å². The monoisotopic (exact) mass is 387 g/mol. The number of benzene rings is 2. The van der Waals surface area contributed by atoms with Crippen molar-refractivity contribution in [2.24, 2.45) is 5.10 Å². The molecule has 116 valence electrons. The highest BCUT2D eigenvalue weighted by Crippen LogP contribution is 2.24. The van der Waals surface area contributed by atoms with Crippen LogP contribution in [0.3, 0.4) is 0 Å². The van der Waals surface area contributed by atoms with E-state index < -0.39 is 0 Å². The summed E-state index contributed by atoms with van der Waals surface area (Å²) in [5.41, 5.74) is 5.62. The van der Waals surface area contributed by atoms with Gasteiger partial charge in [-0.2, -0.15) is 0 Å². The van der Waals surface area contributed by atoms with Crippen molar-refractivity contribution >= 4 is 33.2 Å². The normalized spacial score (nSPS) is 11.5. The third-order valence-electron chi connectivity index (χ3n) is 3.17. The number of aromatic nitrogens is 1. The maximum absolute atomic E-state index is 11.2. The smallest absolute Gasteiger partial charge is 0.237 e. The van der Waals surface area contributed by atoms with E-state index in [0.29, 0.717) is 4.80 Å². The van der Waals surface area contributed by atoms with Gasteiger partial charge < -0.3 is 0 Å². The van der Waals surface area contributed by atoms with Gasteiger partial charge >= 0.3 is 0 Å². The van der Waals surface area contributed by atoms with Crippen LogP contribution in [-0.2, 0) is 4.79 Å². The molecule has 0 aliphatic carbocycles. The molecule has 0 unspecified atom stereocenters. The Labute approximate surface area is 146 Å². The minimum Gasteiger partial charge on any atom is -0.284 e. The van der Waals surface area contributed by atoms with Gasteiger partial charge in [-0.15, -0.1) is 16.4 Å². The molecule has 1 amide bonds. The molecule has 3 rings (SSSR count). The number of hydrogen-bond acceptors (Lipinski definition) is 3. The van der Waals surface area contributed by atoms with Crippen molar-refractivity contribution in [3.8, 4) is 16.9 Å². The predicted octanol–water partition coefficient (Wildman–Crippen LogP) is 3.92. The summed E-state index contributed by atoms with van der Waals surface area (Å²) in [5, 5.41) is 6.26. The molecule has 0 saturated carbocycles. The molecule has 6 heteroatoms. The zero-order chi connectivity index (χ0) is 16.2. The fraction of sp³-hybridized carbons (Fsp3) is 0.0588. The Kier molecular flexibility index (Phi) is 4.73. The summed E-state index contributed by atoms with van der Waals surface area (Å²) < 4.78 is 3.04. The minimum absolute atomic E-state index is 0.193. The van der Waals surface area contributed by atoms with Crippen LogP contribution in [0, 0.1) is 0 Å². The molecule has 0 fully saturated rings. The maximum Gasteiger partial charge on any atom is 0.237 e. The van der Waals surface area contributed by atoms with Crippen LogP contribution in [0.25, 0.3) is 16.9 Å². The Bertz CT molecular complexity index is 882. The van der Waals surface area contributed by atoms with E-state index in [9.17, 15) is 4.79 Å². The number of halogens is 1. The minimum atomic E-state index is -0.193. The molecule has 1 aromatic heterocycles. The number of amides is 1. The van der Waals surface area contributed by atoms with E-state index in [1.165, 1.54) is 18.3 Å². The molecule has 4 nitrogen and oxygen atoms in total.